The molecule has 10 heteroatoms. The van der Waals surface area contributed by atoms with E-state index in [0.717, 1.165) is 18.4 Å². The Balaban J connectivity index is 1.49. The van der Waals surface area contributed by atoms with Gasteiger partial charge in [0.05, 0.1) is 6.26 Å². The number of anilines is 1. The number of hydrogen-bond acceptors (Lipinski definition) is 5. The van der Waals surface area contributed by atoms with Crippen molar-refractivity contribution in [1.82, 2.24) is 9.62 Å². The third-order valence-corrected chi connectivity index (χ3v) is 9.08. The van der Waals surface area contributed by atoms with Gasteiger partial charge in [0, 0.05) is 56.1 Å². The highest BCUT2D eigenvalue weighted by atomic mass is 32.2. The van der Waals surface area contributed by atoms with Gasteiger partial charge in [-0.3, -0.25) is 4.79 Å². The Morgan fingerprint density at radius 3 is 2.53 bits per heavy atom. The molecule has 3 unspecified atom stereocenters. The summed E-state index contributed by atoms with van der Waals surface area (Å²) in [5.74, 6) is -0.914. The van der Waals surface area contributed by atoms with Gasteiger partial charge in [-0.25, -0.2) is 17.2 Å². The van der Waals surface area contributed by atoms with E-state index in [1.807, 2.05) is 6.92 Å². The van der Waals surface area contributed by atoms with Crippen LogP contribution in [-0.4, -0.2) is 63.3 Å². The minimum absolute atomic E-state index is 0.116. The topological polar surface area (TPSA) is 87.7 Å². The number of piperazine rings is 1. The molecule has 0 aromatic heterocycles. The number of benzene rings is 2. The summed E-state index contributed by atoms with van der Waals surface area (Å²) in [6.45, 7) is 4.14. The van der Waals surface area contributed by atoms with Crippen LogP contribution in [0.25, 0.3) is 0 Å². The van der Waals surface area contributed by atoms with E-state index < -0.39 is 15.8 Å². The maximum atomic E-state index is 15.0. The highest BCUT2D eigenvalue weighted by Gasteiger charge is 2.34. The third kappa shape index (κ3) is 7.16. The highest BCUT2D eigenvalue weighted by Crippen LogP contribution is 2.35. The fourth-order valence-corrected chi connectivity index (χ4v) is 7.30. The van der Waals surface area contributed by atoms with Crippen LogP contribution in [0.5, 0.6) is 0 Å². The first kappa shape index (κ1) is 28.6. The van der Waals surface area contributed by atoms with Crippen LogP contribution in [0, 0.1) is 17.6 Å². The van der Waals surface area contributed by atoms with Crippen molar-refractivity contribution in [1.29, 1.82) is 0 Å². The minimum Gasteiger partial charge on any atom is -0.381 e. The number of nitrogens with zero attached hydrogens (tertiary/aromatic N) is 1. The maximum absolute atomic E-state index is 15.0. The third-order valence-electron chi connectivity index (χ3n) is 7.66. The number of amides is 1. The van der Waals surface area contributed by atoms with Gasteiger partial charge in [0.15, 0.2) is 0 Å². The summed E-state index contributed by atoms with van der Waals surface area (Å²) in [7, 11) is -3.42. The van der Waals surface area contributed by atoms with E-state index in [1.54, 1.807) is 24.3 Å². The van der Waals surface area contributed by atoms with Gasteiger partial charge >= 0.3 is 0 Å². The molecule has 3 atom stereocenters. The molecule has 38 heavy (non-hydrogen) atoms. The number of hydrogen-bond donors (Lipinski definition) is 2. The van der Waals surface area contributed by atoms with E-state index >= 15 is 0 Å². The van der Waals surface area contributed by atoms with Crippen molar-refractivity contribution < 1.29 is 26.7 Å². The molecule has 0 saturated carbocycles. The summed E-state index contributed by atoms with van der Waals surface area (Å²) in [5, 5.41) is 6.16. The van der Waals surface area contributed by atoms with E-state index in [-0.39, 0.29) is 48.5 Å². The van der Waals surface area contributed by atoms with Gasteiger partial charge in [0.1, 0.15) is 11.6 Å². The lowest BCUT2D eigenvalue weighted by Crippen LogP contribution is -2.58. The number of rotatable bonds is 9. The Bertz CT molecular complexity index is 1200. The smallest absolute Gasteiger partial charge is 0.225 e. The second kappa shape index (κ2) is 12.6. The van der Waals surface area contributed by atoms with Crippen LogP contribution in [0.3, 0.4) is 0 Å². The molecular formula is C28H37F2N3O4S. The Labute approximate surface area is 224 Å². The van der Waals surface area contributed by atoms with E-state index in [2.05, 4.69) is 10.6 Å². The van der Waals surface area contributed by atoms with E-state index in [0.29, 0.717) is 44.0 Å². The molecule has 208 valence electrons. The SMILES string of the molecule is CC1CNCC(CCc2c(F)cccc2NC(=O)CC(c2ccc(F)cc2)C2CCOCC2)N1S(C)(=O)=O. The van der Waals surface area contributed by atoms with Gasteiger partial charge in [0.2, 0.25) is 15.9 Å². The van der Waals surface area contributed by atoms with Crippen molar-refractivity contribution in [2.75, 3.05) is 37.9 Å². The number of carbonyl (C=O) groups is 1. The predicted molar refractivity (Wildman–Crippen MR) is 143 cm³/mol. The quantitative estimate of drug-likeness (QED) is 0.493. The molecule has 0 bridgehead atoms. The van der Waals surface area contributed by atoms with Crippen LogP contribution in [-0.2, 0) is 26.0 Å². The fourth-order valence-electron chi connectivity index (χ4n) is 5.85. The zero-order valence-electron chi connectivity index (χ0n) is 22.0. The van der Waals surface area contributed by atoms with Crippen LogP contribution in [0.15, 0.2) is 42.5 Å². The second-order valence-electron chi connectivity index (χ2n) is 10.4. The summed E-state index contributed by atoms with van der Waals surface area (Å²) in [6, 6.07) is 10.3. The molecule has 4 rings (SSSR count). The summed E-state index contributed by atoms with van der Waals surface area (Å²) in [6.07, 6.45) is 3.68. The normalized spacial score (nSPS) is 22.2. The Hall–Kier alpha value is -2.40. The summed E-state index contributed by atoms with van der Waals surface area (Å²) < 4.78 is 60.4. The zero-order valence-corrected chi connectivity index (χ0v) is 22.8. The molecule has 2 N–H and O–H groups in total. The maximum Gasteiger partial charge on any atom is 0.225 e. The van der Waals surface area contributed by atoms with Crippen LogP contribution in [0.2, 0.25) is 0 Å². The van der Waals surface area contributed by atoms with Crippen molar-refractivity contribution in [3.05, 3.63) is 65.2 Å². The minimum atomic E-state index is -3.42. The predicted octanol–water partition coefficient (Wildman–Crippen LogP) is 4.06. The lowest BCUT2D eigenvalue weighted by atomic mass is 9.79. The number of sulfonamides is 1. The van der Waals surface area contributed by atoms with Gasteiger partial charge in [0.25, 0.3) is 0 Å². The fraction of sp³-hybridized carbons (Fsp3) is 0.536. The van der Waals surface area contributed by atoms with Crippen LogP contribution >= 0.6 is 0 Å². The van der Waals surface area contributed by atoms with Gasteiger partial charge < -0.3 is 15.4 Å². The first-order chi connectivity index (χ1) is 18.1. The Morgan fingerprint density at radius 2 is 1.84 bits per heavy atom. The lowest BCUT2D eigenvalue weighted by molar-refractivity contribution is -0.117. The summed E-state index contributed by atoms with van der Waals surface area (Å²) in [4.78, 5) is 13.3. The van der Waals surface area contributed by atoms with Crippen LogP contribution < -0.4 is 10.6 Å². The highest BCUT2D eigenvalue weighted by molar-refractivity contribution is 7.88. The molecule has 1 amide bonds. The molecule has 2 aliphatic rings. The molecule has 2 saturated heterocycles. The number of nitrogens with one attached hydrogen (secondary N) is 2. The van der Waals surface area contributed by atoms with Gasteiger partial charge in [-0.05, 0) is 74.3 Å². The van der Waals surface area contributed by atoms with Gasteiger partial charge in [-0.15, -0.1) is 0 Å². The average Bonchev–Trinajstić information content (AvgIpc) is 2.87. The standard InChI is InChI=1S/C28H37F2N3O4S/c1-19-17-31-18-23(33(19)38(2,35)36)10-11-24-26(30)4-3-5-27(24)32-28(34)16-25(21-12-14-37-15-13-21)20-6-8-22(29)9-7-20/h3-9,19,21,23,25,31H,10-18H2,1-2H3,(H,32,34). The molecule has 2 aliphatic heterocycles. The average molecular weight is 550 g/mol. The van der Waals surface area contributed by atoms with Crippen molar-refractivity contribution in [2.45, 2.75) is 57.0 Å². The van der Waals surface area contributed by atoms with Crippen molar-refractivity contribution in [3.63, 3.8) is 0 Å². The summed E-state index contributed by atoms with van der Waals surface area (Å²) >= 11 is 0. The van der Waals surface area contributed by atoms with E-state index in [1.165, 1.54) is 28.8 Å². The van der Waals surface area contributed by atoms with Crippen molar-refractivity contribution in [2.24, 2.45) is 5.92 Å². The molecule has 2 aromatic carbocycles. The first-order valence-electron chi connectivity index (χ1n) is 13.2. The van der Waals surface area contributed by atoms with Crippen molar-refractivity contribution in [3.8, 4) is 0 Å². The summed E-state index contributed by atoms with van der Waals surface area (Å²) in [5.41, 5.74) is 1.65. The first-order valence-corrected chi connectivity index (χ1v) is 15.1. The monoisotopic (exact) mass is 549 g/mol. The molecule has 7 nitrogen and oxygen atoms in total. The Morgan fingerprint density at radius 1 is 1.13 bits per heavy atom. The zero-order chi connectivity index (χ0) is 27.3. The number of ether oxygens (including phenoxy) is 1. The lowest BCUT2D eigenvalue weighted by Gasteiger charge is -2.39. The van der Waals surface area contributed by atoms with Gasteiger partial charge in [-0.2, -0.15) is 4.31 Å². The second-order valence-corrected chi connectivity index (χ2v) is 12.3. The van der Waals surface area contributed by atoms with Crippen LogP contribution in [0.1, 0.15) is 49.7 Å². The largest absolute Gasteiger partial charge is 0.381 e. The number of carbonyl (C=O) groups excluding carboxylic acids is 1. The molecule has 0 radical (unpaired) electrons. The molecule has 2 fully saturated rings. The molecular weight excluding hydrogens is 512 g/mol. The van der Waals surface area contributed by atoms with Crippen LogP contribution in [0.4, 0.5) is 14.5 Å². The van der Waals surface area contributed by atoms with Crippen molar-refractivity contribution >= 4 is 21.6 Å². The molecule has 2 aromatic rings. The Kier molecular flexibility index (Phi) is 9.51. The van der Waals surface area contributed by atoms with Gasteiger partial charge in [-0.1, -0.05) is 18.2 Å². The van der Waals surface area contributed by atoms with E-state index in [9.17, 15) is 22.0 Å². The number of halogens is 2. The van der Waals surface area contributed by atoms with E-state index in [4.69, 9.17) is 4.74 Å². The molecule has 0 spiro atoms. The molecule has 2 heterocycles. The molecule has 0 aliphatic carbocycles.